The van der Waals surface area contributed by atoms with Gasteiger partial charge < -0.3 is 10.3 Å². The van der Waals surface area contributed by atoms with Crippen LogP contribution in [0.15, 0.2) is 59.4 Å². The van der Waals surface area contributed by atoms with E-state index in [-0.39, 0.29) is 11.5 Å². The van der Waals surface area contributed by atoms with Crippen LogP contribution >= 0.6 is 0 Å². The predicted octanol–water partition coefficient (Wildman–Crippen LogP) is 3.41. The van der Waals surface area contributed by atoms with Crippen molar-refractivity contribution in [3.63, 3.8) is 0 Å². The van der Waals surface area contributed by atoms with Gasteiger partial charge in [-0.15, -0.1) is 0 Å². The Morgan fingerprint density at radius 3 is 2.66 bits per heavy atom. The molecule has 3 rings (SSSR count). The first-order valence-electron chi connectivity index (χ1n) is 10.2. The van der Waals surface area contributed by atoms with Crippen molar-refractivity contribution in [2.45, 2.75) is 33.2 Å². The Hall–Kier alpha value is -2.92. The fourth-order valence-corrected chi connectivity index (χ4v) is 3.44. The van der Waals surface area contributed by atoms with Crippen LogP contribution in [0.4, 0.5) is 0 Å². The summed E-state index contributed by atoms with van der Waals surface area (Å²) in [4.78, 5) is 29.7. The average molecular weight is 392 g/mol. The molecule has 0 aliphatic carbocycles. The topological polar surface area (TPSA) is 65.2 Å². The quantitative estimate of drug-likeness (QED) is 0.587. The fourth-order valence-electron chi connectivity index (χ4n) is 3.44. The van der Waals surface area contributed by atoms with E-state index in [9.17, 15) is 9.59 Å². The number of hydrogen-bond acceptors (Lipinski definition) is 3. The van der Waals surface area contributed by atoms with E-state index in [1.807, 2.05) is 49.4 Å². The van der Waals surface area contributed by atoms with E-state index < -0.39 is 0 Å². The first-order chi connectivity index (χ1) is 14.0. The van der Waals surface area contributed by atoms with Crippen LogP contribution in [0.5, 0.6) is 0 Å². The zero-order valence-corrected chi connectivity index (χ0v) is 17.2. The smallest absolute Gasteiger partial charge is 0.251 e. The van der Waals surface area contributed by atoms with Gasteiger partial charge in [0.25, 0.3) is 5.56 Å². The Bertz CT molecular complexity index is 1010. The van der Waals surface area contributed by atoms with Gasteiger partial charge in [0.05, 0.1) is 0 Å². The van der Waals surface area contributed by atoms with E-state index in [0.717, 1.165) is 36.1 Å². The summed E-state index contributed by atoms with van der Waals surface area (Å²) in [6, 6.07) is 18.2. The molecule has 0 radical (unpaired) electrons. The molecule has 2 aromatic carbocycles. The second-order valence-corrected chi connectivity index (χ2v) is 7.42. The molecule has 0 unspecified atom stereocenters. The molecule has 1 heterocycles. The molecule has 0 fully saturated rings. The number of fused-ring (bicyclic) bond motifs is 1. The van der Waals surface area contributed by atoms with Crippen LogP contribution in [0, 0.1) is 6.92 Å². The van der Waals surface area contributed by atoms with Gasteiger partial charge in [0, 0.05) is 37.1 Å². The van der Waals surface area contributed by atoms with Crippen molar-refractivity contribution < 1.29 is 4.79 Å². The lowest BCUT2D eigenvalue weighted by Crippen LogP contribution is -2.34. The molecule has 0 saturated heterocycles. The zero-order chi connectivity index (χ0) is 20.6. The normalized spacial score (nSPS) is 11.1. The SMILES string of the molecule is CCN(CCNC(=O)CCc1cc2cc(C)ccc2[nH]c1=O)Cc1ccccc1. The molecule has 0 saturated carbocycles. The molecule has 29 heavy (non-hydrogen) atoms. The zero-order valence-electron chi connectivity index (χ0n) is 17.2. The second-order valence-electron chi connectivity index (χ2n) is 7.42. The summed E-state index contributed by atoms with van der Waals surface area (Å²) in [6.45, 7) is 7.35. The number of amides is 1. The Morgan fingerprint density at radius 1 is 1.10 bits per heavy atom. The fraction of sp³-hybridized carbons (Fsp3) is 0.333. The summed E-state index contributed by atoms with van der Waals surface area (Å²) in [5, 5.41) is 3.98. The van der Waals surface area contributed by atoms with E-state index in [4.69, 9.17) is 0 Å². The average Bonchev–Trinajstić information content (AvgIpc) is 2.72. The van der Waals surface area contributed by atoms with E-state index in [0.29, 0.717) is 24.9 Å². The lowest BCUT2D eigenvalue weighted by Gasteiger charge is -2.20. The summed E-state index contributed by atoms with van der Waals surface area (Å²) in [5.41, 5.74) is 3.77. The Labute approximate surface area is 171 Å². The van der Waals surface area contributed by atoms with E-state index in [1.165, 1.54) is 5.56 Å². The molecule has 5 nitrogen and oxygen atoms in total. The second kappa shape index (κ2) is 10.0. The molecule has 0 bridgehead atoms. The third kappa shape index (κ3) is 6.03. The van der Waals surface area contributed by atoms with Crippen molar-refractivity contribution in [3.05, 3.63) is 81.6 Å². The summed E-state index contributed by atoms with van der Waals surface area (Å²) in [6.07, 6.45) is 0.748. The van der Waals surface area contributed by atoms with Gasteiger partial charge in [-0.3, -0.25) is 14.5 Å². The molecule has 0 spiro atoms. The van der Waals surface area contributed by atoms with Gasteiger partial charge in [0.1, 0.15) is 0 Å². The van der Waals surface area contributed by atoms with Crippen LogP contribution in [0.3, 0.4) is 0 Å². The number of carbonyl (C=O) groups excluding carboxylic acids is 1. The summed E-state index contributed by atoms with van der Waals surface area (Å²) < 4.78 is 0. The van der Waals surface area contributed by atoms with Gasteiger partial charge in [0.2, 0.25) is 5.91 Å². The number of rotatable bonds is 9. The third-order valence-corrected chi connectivity index (χ3v) is 5.14. The van der Waals surface area contributed by atoms with Crippen LogP contribution in [-0.2, 0) is 17.8 Å². The molecule has 0 atom stereocenters. The summed E-state index contributed by atoms with van der Waals surface area (Å²) >= 11 is 0. The van der Waals surface area contributed by atoms with Gasteiger partial charge in [-0.25, -0.2) is 0 Å². The number of aromatic nitrogens is 1. The molecule has 3 aromatic rings. The van der Waals surface area contributed by atoms with Crippen molar-refractivity contribution in [2.75, 3.05) is 19.6 Å². The highest BCUT2D eigenvalue weighted by Crippen LogP contribution is 2.14. The first kappa shape index (κ1) is 20.8. The van der Waals surface area contributed by atoms with Crippen molar-refractivity contribution in [3.8, 4) is 0 Å². The lowest BCUT2D eigenvalue weighted by molar-refractivity contribution is -0.121. The largest absolute Gasteiger partial charge is 0.355 e. The standard InChI is InChI=1S/C24H29N3O2/c1-3-27(17-19-7-5-4-6-8-19)14-13-25-23(28)12-10-20-16-21-15-18(2)9-11-22(21)26-24(20)29/h4-9,11,15-16H,3,10,12-14,17H2,1-2H3,(H,25,28)(H,26,29). The van der Waals surface area contributed by atoms with Crippen LogP contribution < -0.4 is 10.9 Å². The maximum Gasteiger partial charge on any atom is 0.251 e. The number of aryl methyl sites for hydroxylation is 2. The van der Waals surface area contributed by atoms with Gasteiger partial charge >= 0.3 is 0 Å². The van der Waals surface area contributed by atoms with Gasteiger partial charge in [-0.05, 0) is 49.0 Å². The monoisotopic (exact) mass is 391 g/mol. The number of pyridine rings is 1. The minimum Gasteiger partial charge on any atom is -0.355 e. The highest BCUT2D eigenvalue weighted by atomic mass is 16.1. The molecule has 1 amide bonds. The Balaban J connectivity index is 1.48. The Morgan fingerprint density at radius 2 is 1.90 bits per heavy atom. The number of hydrogen-bond donors (Lipinski definition) is 2. The molecule has 152 valence electrons. The highest BCUT2D eigenvalue weighted by Gasteiger charge is 2.08. The van der Waals surface area contributed by atoms with Gasteiger partial charge in [0.15, 0.2) is 0 Å². The molecule has 2 N–H and O–H groups in total. The number of nitrogens with zero attached hydrogens (tertiary/aromatic N) is 1. The lowest BCUT2D eigenvalue weighted by atomic mass is 10.1. The van der Waals surface area contributed by atoms with Crippen molar-refractivity contribution in [1.82, 2.24) is 15.2 Å². The van der Waals surface area contributed by atoms with Crippen LogP contribution in [-0.4, -0.2) is 35.4 Å². The number of nitrogens with one attached hydrogen (secondary N) is 2. The van der Waals surface area contributed by atoms with Crippen LogP contribution in [0.25, 0.3) is 10.9 Å². The van der Waals surface area contributed by atoms with Crippen molar-refractivity contribution in [2.24, 2.45) is 0 Å². The van der Waals surface area contributed by atoms with Gasteiger partial charge in [-0.2, -0.15) is 0 Å². The molecular formula is C24H29N3O2. The highest BCUT2D eigenvalue weighted by molar-refractivity contribution is 5.80. The minimum absolute atomic E-state index is 0.0236. The number of benzene rings is 2. The third-order valence-electron chi connectivity index (χ3n) is 5.14. The predicted molar refractivity (Wildman–Crippen MR) is 118 cm³/mol. The molecule has 1 aromatic heterocycles. The number of carbonyl (C=O) groups is 1. The molecule has 0 aliphatic heterocycles. The van der Waals surface area contributed by atoms with Crippen LogP contribution in [0.2, 0.25) is 0 Å². The van der Waals surface area contributed by atoms with Crippen molar-refractivity contribution in [1.29, 1.82) is 0 Å². The number of likely N-dealkylation sites (N-methyl/N-ethyl adjacent to an activating group) is 1. The minimum atomic E-state index is -0.117. The van der Waals surface area contributed by atoms with E-state index >= 15 is 0 Å². The van der Waals surface area contributed by atoms with Crippen LogP contribution in [0.1, 0.15) is 30.0 Å². The van der Waals surface area contributed by atoms with Gasteiger partial charge in [-0.1, -0.05) is 48.9 Å². The molecule has 5 heteroatoms. The van der Waals surface area contributed by atoms with E-state index in [2.05, 4.69) is 34.3 Å². The first-order valence-corrected chi connectivity index (χ1v) is 10.2. The summed E-state index contributed by atoms with van der Waals surface area (Å²) in [7, 11) is 0. The molecule has 0 aliphatic rings. The summed E-state index contributed by atoms with van der Waals surface area (Å²) in [5.74, 6) is -0.0236. The van der Waals surface area contributed by atoms with E-state index in [1.54, 1.807) is 0 Å². The number of aromatic amines is 1. The maximum atomic E-state index is 12.3. The number of H-pyrrole nitrogens is 1. The molecular weight excluding hydrogens is 362 g/mol. The Kier molecular flexibility index (Phi) is 7.19. The van der Waals surface area contributed by atoms with Crippen molar-refractivity contribution >= 4 is 16.8 Å². The maximum absolute atomic E-state index is 12.3.